The molecule has 0 radical (unpaired) electrons. The van der Waals surface area contributed by atoms with Gasteiger partial charge in [-0.25, -0.2) is 23.7 Å². The van der Waals surface area contributed by atoms with Crippen molar-refractivity contribution < 1.29 is 18.0 Å². The van der Waals surface area contributed by atoms with Crippen LogP contribution in [0, 0.1) is 6.92 Å². The molecular formula is C19H21F2N5O2. The zero-order valence-corrected chi connectivity index (χ0v) is 15.7. The van der Waals surface area contributed by atoms with Crippen LogP contribution in [0.25, 0.3) is 11.1 Å². The third-order valence-corrected chi connectivity index (χ3v) is 5.10. The van der Waals surface area contributed by atoms with E-state index >= 15 is 0 Å². The fraction of sp³-hybridized carbons (Fsp3) is 0.474. The molecule has 0 aliphatic carbocycles. The van der Waals surface area contributed by atoms with Crippen molar-refractivity contribution in [2.45, 2.75) is 38.7 Å². The standard InChI is InChI=1S/C19H21F2N5O2/c1-11-16-14(17(20)21)6-15(24-18(16)28-25-11)13-4-3-5-26(10-13)9-12-7-22-19(27-2)23-8-12/h6-8,13,17H,3-5,9-10H2,1-2H3/t13-/m1/s1. The lowest BCUT2D eigenvalue weighted by molar-refractivity contribution is 0.152. The summed E-state index contributed by atoms with van der Waals surface area (Å²) in [5.41, 5.74) is 2.18. The number of likely N-dealkylation sites (tertiary alicyclic amines) is 1. The van der Waals surface area contributed by atoms with Crippen molar-refractivity contribution in [1.82, 2.24) is 25.0 Å². The lowest BCUT2D eigenvalue weighted by Crippen LogP contribution is -2.34. The van der Waals surface area contributed by atoms with Gasteiger partial charge in [0.25, 0.3) is 12.1 Å². The minimum atomic E-state index is -2.60. The van der Waals surface area contributed by atoms with Crippen LogP contribution in [-0.4, -0.2) is 45.2 Å². The smallest absolute Gasteiger partial charge is 0.316 e. The van der Waals surface area contributed by atoms with Crippen LogP contribution in [0.5, 0.6) is 6.01 Å². The number of hydrogen-bond donors (Lipinski definition) is 0. The number of aryl methyl sites for hydroxylation is 1. The lowest BCUT2D eigenvalue weighted by atomic mass is 9.92. The van der Waals surface area contributed by atoms with Gasteiger partial charge in [-0.05, 0) is 32.4 Å². The Morgan fingerprint density at radius 2 is 2.11 bits per heavy atom. The van der Waals surface area contributed by atoms with Gasteiger partial charge in [0.2, 0.25) is 0 Å². The number of halogens is 2. The van der Waals surface area contributed by atoms with E-state index in [9.17, 15) is 8.78 Å². The topological polar surface area (TPSA) is 77.2 Å². The maximum Gasteiger partial charge on any atom is 0.316 e. The minimum Gasteiger partial charge on any atom is -0.467 e. The Labute approximate surface area is 160 Å². The Bertz CT molecular complexity index is 961. The van der Waals surface area contributed by atoms with E-state index in [1.54, 1.807) is 19.3 Å². The highest BCUT2D eigenvalue weighted by Crippen LogP contribution is 2.34. The number of aromatic nitrogens is 4. The van der Waals surface area contributed by atoms with Crippen LogP contribution in [0.3, 0.4) is 0 Å². The molecule has 1 fully saturated rings. The number of hydrogen-bond acceptors (Lipinski definition) is 7. The fourth-order valence-electron chi connectivity index (χ4n) is 3.76. The second-order valence-electron chi connectivity index (χ2n) is 7.04. The van der Waals surface area contributed by atoms with Crippen LogP contribution in [0.2, 0.25) is 0 Å². The molecule has 9 heteroatoms. The van der Waals surface area contributed by atoms with Crippen molar-refractivity contribution >= 4 is 11.1 Å². The van der Waals surface area contributed by atoms with Crippen LogP contribution < -0.4 is 4.74 Å². The van der Waals surface area contributed by atoms with Gasteiger partial charge >= 0.3 is 6.01 Å². The molecule has 0 N–H and O–H groups in total. The van der Waals surface area contributed by atoms with Gasteiger partial charge in [-0.3, -0.25) is 4.90 Å². The van der Waals surface area contributed by atoms with Gasteiger partial charge < -0.3 is 9.26 Å². The van der Waals surface area contributed by atoms with Gasteiger partial charge in [0.05, 0.1) is 18.2 Å². The molecule has 1 aliphatic heterocycles. The molecule has 0 unspecified atom stereocenters. The molecule has 3 aromatic rings. The average Bonchev–Trinajstić information content (AvgIpc) is 3.09. The third kappa shape index (κ3) is 3.66. The fourth-order valence-corrected chi connectivity index (χ4v) is 3.76. The molecule has 1 saturated heterocycles. The van der Waals surface area contributed by atoms with E-state index in [2.05, 4.69) is 25.0 Å². The van der Waals surface area contributed by atoms with Gasteiger partial charge in [-0.1, -0.05) is 5.16 Å². The van der Waals surface area contributed by atoms with E-state index in [-0.39, 0.29) is 17.2 Å². The quantitative estimate of drug-likeness (QED) is 0.659. The molecule has 4 heterocycles. The number of alkyl halides is 2. The SMILES string of the molecule is COc1ncc(CN2CCC[C@@H](c3cc(C(F)F)c4c(C)noc4n3)C2)cn1. The molecule has 3 aromatic heterocycles. The summed E-state index contributed by atoms with van der Waals surface area (Å²) in [6, 6.07) is 1.85. The zero-order valence-electron chi connectivity index (χ0n) is 15.7. The van der Waals surface area contributed by atoms with Crippen molar-refractivity contribution in [1.29, 1.82) is 0 Å². The van der Waals surface area contributed by atoms with E-state index in [1.807, 2.05) is 0 Å². The summed E-state index contributed by atoms with van der Waals surface area (Å²) in [6.07, 6.45) is 2.74. The summed E-state index contributed by atoms with van der Waals surface area (Å²) < 4.78 is 37.4. The molecule has 1 aliphatic rings. The monoisotopic (exact) mass is 389 g/mol. The predicted molar refractivity (Wildman–Crippen MR) is 97.3 cm³/mol. The van der Waals surface area contributed by atoms with Gasteiger partial charge in [0, 0.05) is 48.2 Å². The zero-order chi connectivity index (χ0) is 19.7. The predicted octanol–water partition coefficient (Wildman–Crippen LogP) is 3.65. The lowest BCUT2D eigenvalue weighted by Gasteiger charge is -2.32. The van der Waals surface area contributed by atoms with Crippen molar-refractivity contribution in [2.24, 2.45) is 0 Å². The van der Waals surface area contributed by atoms with E-state index in [1.165, 1.54) is 13.2 Å². The molecule has 1 atom stereocenters. The minimum absolute atomic E-state index is 0.0558. The second kappa shape index (κ2) is 7.75. The summed E-state index contributed by atoms with van der Waals surface area (Å²) >= 11 is 0. The molecule has 0 saturated carbocycles. The molecule has 7 nitrogen and oxygen atoms in total. The van der Waals surface area contributed by atoms with Crippen LogP contribution in [0.15, 0.2) is 23.0 Å². The largest absolute Gasteiger partial charge is 0.467 e. The van der Waals surface area contributed by atoms with Crippen LogP contribution in [-0.2, 0) is 6.54 Å². The summed E-state index contributed by atoms with van der Waals surface area (Å²) in [5, 5.41) is 4.13. The van der Waals surface area contributed by atoms with Crippen molar-refractivity contribution in [3.63, 3.8) is 0 Å². The molecule has 28 heavy (non-hydrogen) atoms. The van der Waals surface area contributed by atoms with Gasteiger partial charge in [0.15, 0.2) is 0 Å². The highest BCUT2D eigenvalue weighted by molar-refractivity contribution is 5.80. The average molecular weight is 389 g/mol. The van der Waals surface area contributed by atoms with Crippen LogP contribution in [0.1, 0.15) is 47.7 Å². The highest BCUT2D eigenvalue weighted by Gasteiger charge is 2.26. The Kier molecular flexibility index (Phi) is 5.17. The highest BCUT2D eigenvalue weighted by atomic mass is 19.3. The second-order valence-corrected chi connectivity index (χ2v) is 7.04. The number of pyridine rings is 1. The number of ether oxygens (including phenoxy) is 1. The number of fused-ring (bicyclic) bond motifs is 1. The van der Waals surface area contributed by atoms with Crippen molar-refractivity contribution in [3.8, 4) is 6.01 Å². The maximum atomic E-state index is 13.6. The van der Waals surface area contributed by atoms with Crippen molar-refractivity contribution in [2.75, 3.05) is 20.2 Å². The molecule has 0 bridgehead atoms. The summed E-state index contributed by atoms with van der Waals surface area (Å²) in [7, 11) is 1.53. The first-order valence-electron chi connectivity index (χ1n) is 9.17. The van der Waals surface area contributed by atoms with Gasteiger partial charge in [0.1, 0.15) is 0 Å². The first-order chi connectivity index (χ1) is 13.5. The first-order valence-corrected chi connectivity index (χ1v) is 9.17. The number of rotatable bonds is 5. The first kappa shape index (κ1) is 18.7. The Morgan fingerprint density at radius 1 is 1.32 bits per heavy atom. The normalized spacial score (nSPS) is 18.1. The Morgan fingerprint density at radius 3 is 2.82 bits per heavy atom. The molecule has 4 rings (SSSR count). The third-order valence-electron chi connectivity index (χ3n) is 5.10. The molecule has 148 valence electrons. The Balaban J connectivity index is 1.55. The molecule has 0 spiro atoms. The Hall–Kier alpha value is -2.68. The summed E-state index contributed by atoms with van der Waals surface area (Å²) in [5.74, 6) is 0.0558. The van der Waals surface area contributed by atoms with Crippen molar-refractivity contribution in [3.05, 3.63) is 41.0 Å². The van der Waals surface area contributed by atoms with Gasteiger partial charge in [-0.15, -0.1) is 0 Å². The maximum absolute atomic E-state index is 13.6. The van der Waals surface area contributed by atoms with E-state index in [4.69, 9.17) is 9.26 Å². The molecular weight excluding hydrogens is 368 g/mol. The number of methoxy groups -OCH3 is 1. The van der Waals surface area contributed by atoms with Crippen LogP contribution in [0.4, 0.5) is 8.78 Å². The van der Waals surface area contributed by atoms with Gasteiger partial charge in [-0.2, -0.15) is 0 Å². The van der Waals surface area contributed by atoms with E-state index < -0.39 is 6.43 Å². The number of nitrogens with zero attached hydrogens (tertiary/aromatic N) is 5. The number of piperidine rings is 1. The molecule has 0 aromatic carbocycles. The van der Waals surface area contributed by atoms with E-state index in [0.717, 1.165) is 31.5 Å². The molecule has 0 amide bonds. The van der Waals surface area contributed by atoms with E-state index in [0.29, 0.717) is 29.3 Å². The summed E-state index contributed by atoms with van der Waals surface area (Å²) in [6.45, 7) is 3.98. The van der Waals surface area contributed by atoms with Crippen LogP contribution >= 0.6 is 0 Å². The summed E-state index contributed by atoms with van der Waals surface area (Å²) in [4.78, 5) is 15.0.